The van der Waals surface area contributed by atoms with Gasteiger partial charge in [-0.05, 0) is 32.3 Å². The molecular formula is C21H37N4O10P. The van der Waals surface area contributed by atoms with Gasteiger partial charge in [0.1, 0.15) is 24.6 Å². The highest BCUT2D eigenvalue weighted by Crippen LogP contribution is 2.46. The zero-order valence-electron chi connectivity index (χ0n) is 20.9. The Morgan fingerprint density at radius 3 is 2.69 bits per heavy atom. The zero-order valence-corrected chi connectivity index (χ0v) is 21.8. The van der Waals surface area contributed by atoms with Crippen molar-refractivity contribution in [3.05, 3.63) is 22.7 Å². The van der Waals surface area contributed by atoms with Gasteiger partial charge in [0, 0.05) is 19.2 Å². The Balaban J connectivity index is 2.14. The molecule has 0 aromatic carbocycles. The van der Waals surface area contributed by atoms with Gasteiger partial charge in [0.05, 0.1) is 19.3 Å². The number of hydrogen-bond acceptors (Lipinski definition) is 12. The van der Waals surface area contributed by atoms with Crippen LogP contribution in [0.5, 0.6) is 0 Å². The highest BCUT2D eigenvalue weighted by atomic mass is 31.2. The maximum Gasteiger partial charge on any atom is 0.406 e. The monoisotopic (exact) mass is 536 g/mol. The van der Waals surface area contributed by atoms with Gasteiger partial charge in [-0.25, -0.2) is 14.4 Å². The van der Waals surface area contributed by atoms with Crippen LogP contribution in [-0.4, -0.2) is 76.7 Å². The summed E-state index contributed by atoms with van der Waals surface area (Å²) in [5.41, 5.74) is 4.80. The molecule has 1 aliphatic heterocycles. The Morgan fingerprint density at radius 1 is 1.36 bits per heavy atom. The average Bonchev–Trinajstić information content (AvgIpc) is 3.16. The Kier molecular flexibility index (Phi) is 11.9. The van der Waals surface area contributed by atoms with Gasteiger partial charge in [-0.2, -0.15) is 4.98 Å². The fraction of sp³-hybridized carbons (Fsp3) is 0.762. The maximum absolute atomic E-state index is 13.6. The Bertz CT molecular complexity index is 946. The van der Waals surface area contributed by atoms with Crippen molar-refractivity contribution in [1.29, 1.82) is 0 Å². The number of aromatic nitrogens is 2. The molecule has 5 N–H and O–H groups in total. The lowest BCUT2D eigenvalue weighted by molar-refractivity contribution is -0.145. The molecule has 1 aliphatic rings. The minimum absolute atomic E-state index is 0.0274. The Hall–Kier alpha value is -1.90. The van der Waals surface area contributed by atoms with Crippen LogP contribution in [0, 0.1) is 5.92 Å². The van der Waals surface area contributed by atoms with Gasteiger partial charge in [0.2, 0.25) is 0 Å². The van der Waals surface area contributed by atoms with E-state index in [1.807, 2.05) is 13.8 Å². The number of anilines is 1. The van der Waals surface area contributed by atoms with Crippen LogP contribution in [0.2, 0.25) is 0 Å². The third kappa shape index (κ3) is 9.20. The third-order valence-electron chi connectivity index (χ3n) is 5.06. The van der Waals surface area contributed by atoms with Gasteiger partial charge in [0.15, 0.2) is 12.5 Å². The number of nitrogens with two attached hydrogens (primary N) is 1. The summed E-state index contributed by atoms with van der Waals surface area (Å²) in [7, 11) is -4.22. The first kappa shape index (κ1) is 30.3. The van der Waals surface area contributed by atoms with Crippen molar-refractivity contribution >= 4 is 19.5 Å². The van der Waals surface area contributed by atoms with Gasteiger partial charge in [-0.15, -0.1) is 0 Å². The molecule has 2 rings (SSSR count). The van der Waals surface area contributed by atoms with E-state index in [2.05, 4.69) is 10.1 Å². The molecule has 1 fully saturated rings. The number of hydrogen-bond donors (Lipinski definition) is 4. The van der Waals surface area contributed by atoms with E-state index < -0.39 is 56.8 Å². The molecule has 0 spiro atoms. The fourth-order valence-electron chi connectivity index (χ4n) is 3.51. The van der Waals surface area contributed by atoms with Crippen LogP contribution in [-0.2, 0) is 32.6 Å². The lowest BCUT2D eigenvalue weighted by Crippen LogP contribution is -2.39. The van der Waals surface area contributed by atoms with Crippen LogP contribution in [0.3, 0.4) is 0 Å². The van der Waals surface area contributed by atoms with E-state index in [4.69, 9.17) is 29.0 Å². The number of nitrogen functional groups attached to an aromatic ring is 1. The van der Waals surface area contributed by atoms with Crippen LogP contribution in [0.4, 0.5) is 5.82 Å². The largest absolute Gasteiger partial charge is 0.465 e. The molecule has 14 nitrogen and oxygen atoms in total. The van der Waals surface area contributed by atoms with E-state index in [1.54, 1.807) is 13.8 Å². The Labute approximate surface area is 209 Å². The maximum atomic E-state index is 13.6. The van der Waals surface area contributed by atoms with Crippen molar-refractivity contribution in [2.45, 2.75) is 71.3 Å². The predicted octanol–water partition coefficient (Wildman–Crippen LogP) is 0.538. The second-order valence-electron chi connectivity index (χ2n) is 8.56. The van der Waals surface area contributed by atoms with Crippen LogP contribution in [0.1, 0.15) is 46.8 Å². The summed E-state index contributed by atoms with van der Waals surface area (Å²) in [4.78, 5) is 28.2. The predicted molar refractivity (Wildman–Crippen MR) is 128 cm³/mol. The van der Waals surface area contributed by atoms with Crippen molar-refractivity contribution < 1.29 is 42.8 Å². The van der Waals surface area contributed by atoms with Gasteiger partial charge in [0.25, 0.3) is 0 Å². The molecule has 36 heavy (non-hydrogen) atoms. The number of carbonyl (C=O) groups is 1. The van der Waals surface area contributed by atoms with Crippen molar-refractivity contribution in [2.75, 3.05) is 32.2 Å². The Morgan fingerprint density at radius 2 is 2.08 bits per heavy atom. The number of nitrogens with one attached hydrogen (secondary N) is 1. The number of esters is 1. The van der Waals surface area contributed by atoms with Crippen molar-refractivity contribution in [3.8, 4) is 0 Å². The second kappa shape index (κ2) is 14.1. The lowest BCUT2D eigenvalue weighted by Gasteiger charge is -2.26. The first-order valence-corrected chi connectivity index (χ1v) is 13.3. The van der Waals surface area contributed by atoms with Gasteiger partial charge in [-0.1, -0.05) is 13.8 Å². The molecule has 0 aliphatic carbocycles. The smallest absolute Gasteiger partial charge is 0.406 e. The second-order valence-corrected chi connectivity index (χ2v) is 10.3. The van der Waals surface area contributed by atoms with Gasteiger partial charge in [-0.3, -0.25) is 18.4 Å². The number of carbonyl (C=O) groups excluding carboxylic acids is 1. The highest BCUT2D eigenvalue weighted by Gasteiger charge is 2.39. The quantitative estimate of drug-likeness (QED) is 0.138. The number of ether oxygens (including phenoxy) is 3. The number of aliphatic hydroxyl groups excluding tert-OH is 2. The van der Waals surface area contributed by atoms with Crippen LogP contribution in [0.25, 0.3) is 0 Å². The minimum Gasteiger partial charge on any atom is -0.465 e. The summed E-state index contributed by atoms with van der Waals surface area (Å²) in [5, 5.41) is 22.9. The molecule has 0 bridgehead atoms. The molecule has 1 saturated heterocycles. The van der Waals surface area contributed by atoms with Crippen LogP contribution < -0.4 is 16.5 Å². The molecule has 2 heterocycles. The molecule has 1 aromatic heterocycles. The SMILES string of the molecule is CCOC(=O)C(CC(C)C)NP(=O)(OCC(O)OCC)OCC1CC(O)C(n2ccc(N)nc2=O)O1. The molecule has 6 atom stereocenters. The van der Waals surface area contributed by atoms with Crippen LogP contribution in [0.15, 0.2) is 17.1 Å². The highest BCUT2D eigenvalue weighted by molar-refractivity contribution is 7.51. The molecule has 6 unspecified atom stereocenters. The molecule has 1 aromatic rings. The summed E-state index contributed by atoms with van der Waals surface area (Å²) in [5.74, 6) is -0.568. The fourth-order valence-corrected chi connectivity index (χ4v) is 5.01. The van der Waals surface area contributed by atoms with Crippen molar-refractivity contribution in [3.63, 3.8) is 0 Å². The molecule has 0 saturated carbocycles. The van der Waals surface area contributed by atoms with E-state index in [0.29, 0.717) is 0 Å². The van der Waals surface area contributed by atoms with Gasteiger partial charge < -0.3 is 30.2 Å². The number of nitrogens with zero attached hydrogens (tertiary/aromatic N) is 2. The molecule has 15 heteroatoms. The first-order valence-electron chi connectivity index (χ1n) is 11.8. The molecule has 0 radical (unpaired) electrons. The normalized spacial score (nSPS) is 23.4. The summed E-state index contributed by atoms with van der Waals surface area (Å²) >= 11 is 0. The lowest BCUT2D eigenvalue weighted by atomic mass is 10.1. The summed E-state index contributed by atoms with van der Waals surface area (Å²) in [6.07, 6.45) is -2.62. The van der Waals surface area contributed by atoms with E-state index in [9.17, 15) is 24.4 Å². The van der Waals surface area contributed by atoms with E-state index >= 15 is 0 Å². The molecular weight excluding hydrogens is 499 g/mol. The third-order valence-corrected chi connectivity index (χ3v) is 6.67. The van der Waals surface area contributed by atoms with E-state index in [1.165, 1.54) is 12.3 Å². The van der Waals surface area contributed by atoms with Gasteiger partial charge >= 0.3 is 19.4 Å². The average molecular weight is 537 g/mol. The summed E-state index contributed by atoms with van der Waals surface area (Å²) in [6, 6.07) is 0.378. The number of rotatable bonds is 15. The van der Waals surface area contributed by atoms with Crippen molar-refractivity contribution in [1.82, 2.24) is 14.6 Å². The molecule has 0 amide bonds. The van der Waals surface area contributed by atoms with E-state index in [0.717, 1.165) is 4.57 Å². The summed E-state index contributed by atoms with van der Waals surface area (Å²) < 4.78 is 41.4. The first-order chi connectivity index (χ1) is 17.0. The van der Waals surface area contributed by atoms with Crippen molar-refractivity contribution in [2.24, 2.45) is 5.92 Å². The topological polar surface area (TPSA) is 194 Å². The molecule has 206 valence electrons. The van der Waals surface area contributed by atoms with Crippen LogP contribution >= 0.6 is 7.75 Å². The van der Waals surface area contributed by atoms with E-state index in [-0.39, 0.29) is 44.4 Å². The standard InChI is InChI=1S/C21H37N4O10P/c1-5-31-18(27)12-34-36(30,24-15(9-13(3)4)20(28)32-6-2)33-11-14-10-16(26)19(35-14)25-8-7-17(22)23-21(25)29/h7-8,13-16,18-19,26-27H,5-6,9-12H2,1-4H3,(H,24,30)(H2,22,23,29). The minimum atomic E-state index is -4.22. The number of aliphatic hydroxyl groups is 2. The summed E-state index contributed by atoms with van der Waals surface area (Å²) in [6.45, 7) is 6.56. The zero-order chi connectivity index (χ0) is 26.9.